The van der Waals surface area contributed by atoms with Crippen molar-refractivity contribution in [2.24, 2.45) is 32.9 Å². The van der Waals surface area contributed by atoms with Crippen molar-refractivity contribution in [1.82, 2.24) is 19.9 Å². The van der Waals surface area contributed by atoms with Crippen LogP contribution in [0.5, 0.6) is 0 Å². The van der Waals surface area contributed by atoms with E-state index < -0.39 is 11.7 Å². The van der Waals surface area contributed by atoms with E-state index in [-0.39, 0.29) is 40.5 Å². The molecule has 0 bridgehead atoms. The normalized spacial score (nSPS) is 13.2. The number of H-pyrrole nitrogens is 1. The maximum Gasteiger partial charge on any atom is 0.416 e. The third-order valence-electron chi connectivity index (χ3n) is 8.71. The van der Waals surface area contributed by atoms with Gasteiger partial charge in [-0.05, 0) is 98.5 Å². The molecular formula is C39H57F3N10O. The van der Waals surface area contributed by atoms with Crippen LogP contribution in [0.15, 0.2) is 69.5 Å². The van der Waals surface area contributed by atoms with Crippen LogP contribution in [0.4, 0.5) is 13.2 Å². The molecule has 290 valence electrons. The summed E-state index contributed by atoms with van der Waals surface area (Å²) in [7, 11) is 0. The van der Waals surface area contributed by atoms with E-state index in [1.165, 1.54) is 12.1 Å². The zero-order valence-electron chi connectivity index (χ0n) is 32.2. The van der Waals surface area contributed by atoms with Crippen LogP contribution < -0.4 is 33.9 Å². The molecule has 2 atom stereocenters. The Kier molecular flexibility index (Phi) is 14.3. The lowest BCUT2D eigenvalue weighted by molar-refractivity contribution is -0.137. The molecule has 0 radical (unpaired) electrons. The van der Waals surface area contributed by atoms with Gasteiger partial charge >= 0.3 is 11.9 Å². The summed E-state index contributed by atoms with van der Waals surface area (Å²) < 4.78 is 40.8. The highest BCUT2D eigenvalue weighted by Crippen LogP contribution is 2.34. The Hall–Kier alpha value is -4.85. The van der Waals surface area contributed by atoms with Gasteiger partial charge in [0, 0.05) is 35.3 Å². The minimum atomic E-state index is -4.33. The largest absolute Gasteiger partial charge is 0.416 e. The zero-order chi connectivity index (χ0) is 39.7. The van der Waals surface area contributed by atoms with Gasteiger partial charge in [-0.1, -0.05) is 59.7 Å². The number of aromatic amines is 1. The molecule has 11 nitrogen and oxygen atoms in total. The Bertz CT molecular complexity index is 1870. The molecule has 0 saturated heterocycles. The summed E-state index contributed by atoms with van der Waals surface area (Å²) in [5.74, 6) is 0.155. The molecule has 0 aliphatic rings. The topological polar surface area (TPSA) is 192 Å². The summed E-state index contributed by atoms with van der Waals surface area (Å²) in [6, 6.07) is 14.5. The van der Waals surface area contributed by atoms with Crippen molar-refractivity contribution < 1.29 is 13.2 Å². The lowest BCUT2D eigenvalue weighted by Gasteiger charge is -2.22. The number of fused-ring (bicyclic) bond motifs is 1. The third kappa shape index (κ3) is 13.3. The monoisotopic (exact) mass is 738 g/mol. The van der Waals surface area contributed by atoms with Gasteiger partial charge in [-0.3, -0.25) is 14.6 Å². The molecule has 0 spiro atoms. The second-order valence-electron chi connectivity index (χ2n) is 15.5. The van der Waals surface area contributed by atoms with Crippen LogP contribution in [-0.2, 0) is 23.4 Å². The highest BCUT2D eigenvalue weighted by atomic mass is 19.4. The summed E-state index contributed by atoms with van der Waals surface area (Å²) >= 11 is 0. The van der Waals surface area contributed by atoms with Gasteiger partial charge in [0.2, 0.25) is 0 Å². The summed E-state index contributed by atoms with van der Waals surface area (Å²) in [6.45, 7) is 17.5. The summed E-state index contributed by atoms with van der Waals surface area (Å²) in [5, 5.41) is 4.36. The first-order valence-electron chi connectivity index (χ1n) is 17.9. The molecule has 2 heterocycles. The predicted octanol–water partition coefficient (Wildman–Crippen LogP) is 6.31. The minimum Gasteiger partial charge on any atom is -0.370 e. The lowest BCUT2D eigenvalue weighted by atomic mass is 9.84. The molecule has 0 unspecified atom stereocenters. The maximum absolute atomic E-state index is 13.1. The Morgan fingerprint density at radius 3 is 2.09 bits per heavy atom. The van der Waals surface area contributed by atoms with E-state index in [2.05, 4.69) is 59.0 Å². The summed E-state index contributed by atoms with van der Waals surface area (Å²) in [4.78, 5) is 28.0. The number of halogens is 3. The highest BCUT2D eigenvalue weighted by molar-refractivity contribution is 5.76. The van der Waals surface area contributed by atoms with E-state index in [4.69, 9.17) is 22.9 Å². The number of nitrogens with one attached hydrogen (secondary N) is 2. The number of guanidine groups is 2. The number of aliphatic imine (C=N–C) groups is 2. The van der Waals surface area contributed by atoms with Crippen molar-refractivity contribution >= 4 is 23.0 Å². The number of rotatable bonds is 12. The van der Waals surface area contributed by atoms with Crippen LogP contribution in [0.1, 0.15) is 109 Å². The Balaban J connectivity index is 0.000000297. The van der Waals surface area contributed by atoms with Crippen LogP contribution in [0.2, 0.25) is 0 Å². The first kappa shape index (κ1) is 42.6. The number of nitrogens with zero attached hydrogens (tertiary/aromatic N) is 4. The molecule has 0 aliphatic heterocycles. The smallest absolute Gasteiger partial charge is 0.370 e. The van der Waals surface area contributed by atoms with E-state index in [0.717, 1.165) is 48.1 Å². The highest BCUT2D eigenvalue weighted by Gasteiger charge is 2.32. The van der Waals surface area contributed by atoms with Gasteiger partial charge in [-0.15, -0.1) is 0 Å². The summed E-state index contributed by atoms with van der Waals surface area (Å²) in [5.41, 5.74) is 25.0. The minimum absolute atomic E-state index is 0.0339. The molecule has 0 amide bonds. The van der Waals surface area contributed by atoms with Crippen LogP contribution in [0, 0.1) is 0 Å². The quantitative estimate of drug-likeness (QED) is 0.0557. The van der Waals surface area contributed by atoms with Crippen LogP contribution in [-0.4, -0.2) is 45.6 Å². The van der Waals surface area contributed by atoms with Crippen LogP contribution in [0.25, 0.3) is 16.7 Å². The van der Waals surface area contributed by atoms with Crippen molar-refractivity contribution in [2.45, 2.75) is 110 Å². The van der Waals surface area contributed by atoms with Gasteiger partial charge in [0.25, 0.3) is 0 Å². The van der Waals surface area contributed by atoms with Gasteiger partial charge in [0.1, 0.15) is 5.65 Å². The number of aryl methyl sites for hydroxylation is 1. The van der Waals surface area contributed by atoms with Gasteiger partial charge in [-0.25, -0.2) is 4.79 Å². The second kappa shape index (κ2) is 17.8. The zero-order valence-corrected chi connectivity index (χ0v) is 32.2. The molecule has 4 rings (SSSR count). The number of hydrogen-bond acceptors (Lipinski definition) is 5. The van der Waals surface area contributed by atoms with E-state index in [9.17, 15) is 18.0 Å². The first-order valence-corrected chi connectivity index (χ1v) is 17.9. The predicted molar refractivity (Wildman–Crippen MR) is 210 cm³/mol. The standard InChI is InChI=1S/C22H31N7O.C17H26F3N3/c1-14(25-10-5-11-26-20(23)24)15-6-8-17(9-7-15)29-13-16-12-18(22(2,3)4)27-19(16)28-21(29)30;1-11(23-15(21)22)6-5-7-12-8-13(16(2,3)4)10-14(9-12)17(18,19)20/h6-9,12-14,25H,5,10-11H2,1-4H3,(H4,23,24,26)(H,27,28,30);8-11H,5-7H2,1-4H3,(H4,21,22,23)/t14-;11-/m00/s1. The first-order chi connectivity index (χ1) is 24.5. The van der Waals surface area contributed by atoms with Crippen molar-refractivity contribution in [1.29, 1.82) is 0 Å². The Labute approximate surface area is 310 Å². The van der Waals surface area contributed by atoms with Gasteiger partial charge < -0.3 is 33.2 Å². The van der Waals surface area contributed by atoms with Gasteiger partial charge in [-0.2, -0.15) is 18.2 Å². The number of benzene rings is 2. The molecule has 0 fully saturated rings. The number of aromatic nitrogens is 3. The number of hydrogen-bond donors (Lipinski definition) is 6. The average molecular weight is 739 g/mol. The van der Waals surface area contributed by atoms with E-state index in [0.29, 0.717) is 29.7 Å². The lowest BCUT2D eigenvalue weighted by Crippen LogP contribution is -2.24. The van der Waals surface area contributed by atoms with Crippen molar-refractivity contribution in [3.63, 3.8) is 0 Å². The number of nitrogens with two attached hydrogens (primary N) is 4. The molecule has 0 aliphatic carbocycles. The molecule has 0 saturated carbocycles. The van der Waals surface area contributed by atoms with E-state index in [1.807, 2.05) is 64.2 Å². The molecular weight excluding hydrogens is 681 g/mol. The SMILES string of the molecule is C[C@@H](CCCc1cc(C(C)(C)C)cc(C(F)(F)F)c1)N=C(N)N.C[C@H](NCCCN=C(N)N)c1ccc(-n2cc3cc(C(C)(C)C)[nH]c3nc2=O)cc1. The van der Waals surface area contributed by atoms with Crippen molar-refractivity contribution in [3.8, 4) is 5.69 Å². The van der Waals surface area contributed by atoms with Crippen LogP contribution >= 0.6 is 0 Å². The van der Waals surface area contributed by atoms with Crippen molar-refractivity contribution in [3.05, 3.63) is 93.2 Å². The molecule has 4 aromatic rings. The molecule has 53 heavy (non-hydrogen) atoms. The Morgan fingerprint density at radius 2 is 1.53 bits per heavy atom. The van der Waals surface area contributed by atoms with E-state index in [1.54, 1.807) is 4.57 Å². The van der Waals surface area contributed by atoms with E-state index >= 15 is 0 Å². The molecule has 2 aromatic carbocycles. The summed E-state index contributed by atoms with van der Waals surface area (Å²) in [6.07, 6.45) is 0.381. The fourth-order valence-electron chi connectivity index (χ4n) is 5.58. The third-order valence-corrected chi connectivity index (χ3v) is 8.71. The van der Waals surface area contributed by atoms with Gasteiger partial charge in [0.05, 0.1) is 17.3 Å². The van der Waals surface area contributed by atoms with Crippen LogP contribution in [0.3, 0.4) is 0 Å². The molecule has 2 aromatic heterocycles. The molecule has 10 N–H and O–H groups in total. The van der Waals surface area contributed by atoms with Gasteiger partial charge in [0.15, 0.2) is 11.9 Å². The maximum atomic E-state index is 13.1. The van der Waals surface area contributed by atoms with Crippen molar-refractivity contribution in [2.75, 3.05) is 13.1 Å². The number of alkyl halides is 3. The Morgan fingerprint density at radius 1 is 0.887 bits per heavy atom. The average Bonchev–Trinajstić information content (AvgIpc) is 3.47. The fourth-order valence-corrected chi connectivity index (χ4v) is 5.58. The fraction of sp³-hybridized carbons (Fsp3) is 0.487. The molecule has 14 heteroatoms. The second-order valence-corrected chi connectivity index (χ2v) is 15.5.